The summed E-state index contributed by atoms with van der Waals surface area (Å²) in [7, 11) is 0. The third-order valence-electron chi connectivity index (χ3n) is 5.97. The molecule has 4 aromatic rings. The first kappa shape index (κ1) is 21.1. The maximum Gasteiger partial charge on any atom is 0.257 e. The van der Waals surface area contributed by atoms with E-state index in [9.17, 15) is 4.79 Å². The third kappa shape index (κ3) is 4.85. The van der Waals surface area contributed by atoms with E-state index in [0.717, 1.165) is 42.0 Å². The number of aromatic nitrogens is 2. The first-order valence-electron chi connectivity index (χ1n) is 11.4. The van der Waals surface area contributed by atoms with Crippen molar-refractivity contribution in [2.75, 3.05) is 26.3 Å². The van der Waals surface area contributed by atoms with Gasteiger partial charge in [-0.3, -0.25) is 4.79 Å². The zero-order chi connectivity index (χ0) is 22.5. The monoisotopic (exact) mass is 441 g/mol. The zero-order valence-electron chi connectivity index (χ0n) is 18.4. The molecule has 0 radical (unpaired) electrons. The molecule has 1 saturated heterocycles. The van der Waals surface area contributed by atoms with Crippen molar-refractivity contribution < 1.29 is 14.3 Å². The van der Waals surface area contributed by atoms with Crippen LogP contribution in [-0.4, -0.2) is 47.1 Å². The number of amides is 1. The predicted molar refractivity (Wildman–Crippen MR) is 128 cm³/mol. The van der Waals surface area contributed by atoms with Crippen molar-refractivity contribution in [2.24, 2.45) is 0 Å². The maximum absolute atomic E-state index is 13.4. The molecule has 3 aromatic carbocycles. The van der Waals surface area contributed by atoms with E-state index >= 15 is 0 Å². The minimum absolute atomic E-state index is 0.00427. The molecule has 1 aliphatic heterocycles. The minimum Gasteiger partial charge on any atom is -0.490 e. The van der Waals surface area contributed by atoms with Gasteiger partial charge in [-0.2, -0.15) is 0 Å². The van der Waals surface area contributed by atoms with E-state index in [0.29, 0.717) is 31.1 Å². The van der Waals surface area contributed by atoms with Gasteiger partial charge in [0.1, 0.15) is 30.5 Å². The number of carbonyl (C=O) groups is 1. The molecule has 5 rings (SSSR count). The lowest BCUT2D eigenvalue weighted by molar-refractivity contribution is 0.0699. The van der Waals surface area contributed by atoms with Crippen molar-refractivity contribution in [3.8, 4) is 11.5 Å². The minimum atomic E-state index is -0.00427. The van der Waals surface area contributed by atoms with Crippen LogP contribution in [0.5, 0.6) is 11.5 Å². The van der Waals surface area contributed by atoms with Crippen molar-refractivity contribution >= 4 is 16.9 Å². The second-order valence-electron chi connectivity index (χ2n) is 8.24. The molecule has 1 aromatic heterocycles. The highest BCUT2D eigenvalue weighted by molar-refractivity contribution is 5.97. The number of benzene rings is 3. The van der Waals surface area contributed by atoms with Gasteiger partial charge in [0.25, 0.3) is 5.91 Å². The molecule has 1 amide bonds. The lowest BCUT2D eigenvalue weighted by atomic mass is 9.96. The molecule has 1 fully saturated rings. The van der Waals surface area contributed by atoms with Gasteiger partial charge in [-0.25, -0.2) is 4.98 Å². The fourth-order valence-corrected chi connectivity index (χ4v) is 4.32. The number of rotatable bonds is 7. The Morgan fingerprint density at radius 1 is 0.939 bits per heavy atom. The van der Waals surface area contributed by atoms with Crippen LogP contribution in [0.1, 0.15) is 34.9 Å². The summed E-state index contributed by atoms with van der Waals surface area (Å²) in [5, 5.41) is 0. The molecule has 1 aliphatic rings. The lowest BCUT2D eigenvalue weighted by Crippen LogP contribution is -2.39. The molecule has 6 nitrogen and oxygen atoms in total. The third-order valence-corrected chi connectivity index (χ3v) is 5.97. The Kier molecular flexibility index (Phi) is 6.24. The van der Waals surface area contributed by atoms with E-state index in [1.165, 1.54) is 0 Å². The Labute approximate surface area is 193 Å². The van der Waals surface area contributed by atoms with E-state index in [2.05, 4.69) is 4.98 Å². The molecule has 0 aliphatic carbocycles. The lowest BCUT2D eigenvalue weighted by Gasteiger charge is -2.32. The van der Waals surface area contributed by atoms with Crippen LogP contribution in [0.15, 0.2) is 78.9 Å². The molecular formula is C27H27N3O3. The van der Waals surface area contributed by atoms with Gasteiger partial charge in [-0.05, 0) is 49.2 Å². The SMILES string of the molecule is O=C(c1ccccc1OCCOc1ccccc1)N1CCCC(c2nc3ccccc3[nH]2)C1. The number of imidazole rings is 1. The number of nitrogens with one attached hydrogen (secondary N) is 1. The standard InChI is InChI=1S/C27H27N3O3/c31-27(22-12-4-7-15-25(22)33-18-17-32-21-10-2-1-3-11-21)30-16-8-9-20(19-30)26-28-23-13-5-6-14-24(23)29-26/h1-7,10-15,20H,8-9,16-19H2,(H,28,29). The molecule has 0 spiro atoms. The average molecular weight is 442 g/mol. The molecular weight excluding hydrogens is 414 g/mol. The molecule has 168 valence electrons. The summed E-state index contributed by atoms with van der Waals surface area (Å²) in [4.78, 5) is 23.5. The van der Waals surface area contributed by atoms with Gasteiger partial charge >= 0.3 is 0 Å². The number of para-hydroxylation sites is 4. The number of hydrogen-bond acceptors (Lipinski definition) is 4. The van der Waals surface area contributed by atoms with Crippen LogP contribution in [0.2, 0.25) is 0 Å². The van der Waals surface area contributed by atoms with Crippen molar-refractivity contribution in [2.45, 2.75) is 18.8 Å². The number of aromatic amines is 1. The van der Waals surface area contributed by atoms with Crippen LogP contribution in [0, 0.1) is 0 Å². The second kappa shape index (κ2) is 9.77. The zero-order valence-corrected chi connectivity index (χ0v) is 18.4. The number of likely N-dealkylation sites (tertiary alicyclic amines) is 1. The first-order chi connectivity index (χ1) is 16.3. The summed E-state index contributed by atoms with van der Waals surface area (Å²) in [6.45, 7) is 2.15. The molecule has 6 heteroatoms. The van der Waals surface area contributed by atoms with Crippen LogP contribution in [0.4, 0.5) is 0 Å². The second-order valence-corrected chi connectivity index (χ2v) is 8.24. The summed E-state index contributed by atoms with van der Waals surface area (Å²) in [5.74, 6) is 2.54. The summed E-state index contributed by atoms with van der Waals surface area (Å²) in [6, 6.07) is 25.1. The topological polar surface area (TPSA) is 67.5 Å². The van der Waals surface area contributed by atoms with Crippen molar-refractivity contribution in [1.82, 2.24) is 14.9 Å². The molecule has 33 heavy (non-hydrogen) atoms. The Bertz CT molecular complexity index is 1190. The average Bonchev–Trinajstić information content (AvgIpc) is 3.32. The smallest absolute Gasteiger partial charge is 0.257 e. The van der Waals surface area contributed by atoms with Gasteiger partial charge in [0.15, 0.2) is 0 Å². The predicted octanol–water partition coefficient (Wildman–Crippen LogP) is 5.04. The number of hydrogen-bond donors (Lipinski definition) is 1. The van der Waals surface area contributed by atoms with E-state index in [-0.39, 0.29) is 11.8 Å². The Balaban J connectivity index is 1.24. The number of piperidine rings is 1. The van der Waals surface area contributed by atoms with E-state index in [1.807, 2.05) is 83.8 Å². The molecule has 2 heterocycles. The number of ether oxygens (including phenoxy) is 2. The van der Waals surface area contributed by atoms with E-state index in [1.54, 1.807) is 0 Å². The number of H-pyrrole nitrogens is 1. The van der Waals surface area contributed by atoms with Crippen molar-refractivity contribution in [3.05, 3.63) is 90.3 Å². The van der Waals surface area contributed by atoms with Crippen LogP contribution < -0.4 is 9.47 Å². The molecule has 1 unspecified atom stereocenters. The highest BCUT2D eigenvalue weighted by atomic mass is 16.5. The molecule has 0 bridgehead atoms. The first-order valence-corrected chi connectivity index (χ1v) is 11.4. The Morgan fingerprint density at radius 2 is 1.70 bits per heavy atom. The van der Waals surface area contributed by atoms with Gasteiger partial charge in [0, 0.05) is 19.0 Å². The quantitative estimate of drug-likeness (QED) is 0.408. The van der Waals surface area contributed by atoms with Crippen LogP contribution >= 0.6 is 0 Å². The Hall–Kier alpha value is -3.80. The maximum atomic E-state index is 13.4. The summed E-state index contributed by atoms with van der Waals surface area (Å²) in [6.07, 6.45) is 1.96. The van der Waals surface area contributed by atoms with Gasteiger partial charge in [-0.1, -0.05) is 42.5 Å². The number of nitrogens with zero attached hydrogens (tertiary/aromatic N) is 2. The highest BCUT2D eigenvalue weighted by Crippen LogP contribution is 2.29. The van der Waals surface area contributed by atoms with Crippen LogP contribution in [0.25, 0.3) is 11.0 Å². The fourth-order valence-electron chi connectivity index (χ4n) is 4.32. The van der Waals surface area contributed by atoms with Gasteiger partial charge < -0.3 is 19.4 Å². The van der Waals surface area contributed by atoms with Crippen LogP contribution in [0.3, 0.4) is 0 Å². The normalized spacial score (nSPS) is 16.0. The van der Waals surface area contributed by atoms with Crippen molar-refractivity contribution in [1.29, 1.82) is 0 Å². The highest BCUT2D eigenvalue weighted by Gasteiger charge is 2.28. The fraction of sp³-hybridized carbons (Fsp3) is 0.259. The molecule has 0 saturated carbocycles. The van der Waals surface area contributed by atoms with Gasteiger partial charge in [0.05, 0.1) is 16.6 Å². The molecule has 1 atom stereocenters. The number of carbonyl (C=O) groups excluding carboxylic acids is 1. The summed E-state index contributed by atoms with van der Waals surface area (Å²) in [5.41, 5.74) is 2.59. The largest absolute Gasteiger partial charge is 0.490 e. The van der Waals surface area contributed by atoms with E-state index in [4.69, 9.17) is 14.5 Å². The van der Waals surface area contributed by atoms with Crippen molar-refractivity contribution in [3.63, 3.8) is 0 Å². The van der Waals surface area contributed by atoms with Gasteiger partial charge in [0.2, 0.25) is 0 Å². The summed E-state index contributed by atoms with van der Waals surface area (Å²) < 4.78 is 11.6. The van der Waals surface area contributed by atoms with Crippen LogP contribution in [-0.2, 0) is 0 Å². The summed E-state index contributed by atoms with van der Waals surface area (Å²) >= 11 is 0. The number of fused-ring (bicyclic) bond motifs is 1. The Morgan fingerprint density at radius 3 is 2.58 bits per heavy atom. The van der Waals surface area contributed by atoms with Gasteiger partial charge in [-0.15, -0.1) is 0 Å². The molecule has 1 N–H and O–H groups in total. The van der Waals surface area contributed by atoms with E-state index < -0.39 is 0 Å².